The van der Waals surface area contributed by atoms with Crippen LogP contribution in [-0.4, -0.2) is 38.0 Å². The van der Waals surface area contributed by atoms with Crippen molar-refractivity contribution in [1.82, 2.24) is 10.2 Å². The van der Waals surface area contributed by atoms with Gasteiger partial charge in [0.1, 0.15) is 0 Å². The molecule has 0 fully saturated rings. The molecule has 134 valence electrons. The van der Waals surface area contributed by atoms with Gasteiger partial charge in [-0.05, 0) is 40.1 Å². The minimum absolute atomic E-state index is 0. The Balaban J connectivity index is 0.00000225. The molecule has 0 atom stereocenters. The quantitative estimate of drug-likeness (QED) is 0.312. The molecule has 2 heterocycles. The van der Waals surface area contributed by atoms with Crippen molar-refractivity contribution in [2.45, 2.75) is 13.1 Å². The molecule has 0 saturated carbocycles. The summed E-state index contributed by atoms with van der Waals surface area (Å²) in [6, 6.07) is 10.9. The normalized spacial score (nSPS) is 13.7. The zero-order valence-electron chi connectivity index (χ0n) is 14.7. The number of hydrogen-bond donors (Lipinski definition) is 1. The van der Waals surface area contributed by atoms with E-state index < -0.39 is 0 Å². The SMILES string of the molecule is CN=C(NCc1ccc(N2CC=CC2)cc1)N(C)Cc1ccsc1.I. The molecule has 6 heteroatoms. The monoisotopic (exact) mass is 468 g/mol. The molecule has 0 aliphatic carbocycles. The molecule has 0 unspecified atom stereocenters. The number of hydrogen-bond acceptors (Lipinski definition) is 3. The minimum atomic E-state index is 0. The van der Waals surface area contributed by atoms with Crippen LogP contribution in [0.2, 0.25) is 0 Å². The van der Waals surface area contributed by atoms with Crippen LogP contribution < -0.4 is 10.2 Å². The fourth-order valence-corrected chi connectivity index (χ4v) is 3.47. The molecule has 1 N–H and O–H groups in total. The van der Waals surface area contributed by atoms with E-state index in [1.54, 1.807) is 11.3 Å². The van der Waals surface area contributed by atoms with Crippen molar-refractivity contribution in [3.05, 3.63) is 64.4 Å². The Morgan fingerprint density at radius 1 is 1.16 bits per heavy atom. The van der Waals surface area contributed by atoms with Gasteiger partial charge in [0.05, 0.1) is 0 Å². The molecule has 0 amide bonds. The molecule has 2 aromatic rings. The zero-order valence-corrected chi connectivity index (χ0v) is 17.8. The summed E-state index contributed by atoms with van der Waals surface area (Å²) in [5.74, 6) is 0.911. The average molecular weight is 468 g/mol. The van der Waals surface area contributed by atoms with Crippen LogP contribution in [-0.2, 0) is 13.1 Å². The van der Waals surface area contributed by atoms with Gasteiger partial charge in [-0.15, -0.1) is 24.0 Å². The molecular weight excluding hydrogens is 443 g/mol. The zero-order chi connectivity index (χ0) is 16.8. The van der Waals surface area contributed by atoms with Crippen molar-refractivity contribution in [3.8, 4) is 0 Å². The first-order chi connectivity index (χ1) is 11.8. The third kappa shape index (κ3) is 5.47. The summed E-state index contributed by atoms with van der Waals surface area (Å²) in [6.45, 7) is 3.67. The molecule has 1 aliphatic heterocycles. The second-order valence-corrected chi connectivity index (χ2v) is 6.71. The smallest absolute Gasteiger partial charge is 0.193 e. The number of thiophene rings is 1. The highest BCUT2D eigenvalue weighted by molar-refractivity contribution is 14.0. The van der Waals surface area contributed by atoms with Gasteiger partial charge in [0.2, 0.25) is 0 Å². The molecule has 0 spiro atoms. The molecule has 0 saturated heterocycles. The van der Waals surface area contributed by atoms with E-state index in [0.29, 0.717) is 0 Å². The van der Waals surface area contributed by atoms with Gasteiger partial charge in [-0.1, -0.05) is 24.3 Å². The Hall–Kier alpha value is -1.54. The van der Waals surface area contributed by atoms with E-state index in [4.69, 9.17) is 0 Å². The highest BCUT2D eigenvalue weighted by Gasteiger charge is 2.09. The second-order valence-electron chi connectivity index (χ2n) is 5.93. The number of aliphatic imine (C=N–C) groups is 1. The van der Waals surface area contributed by atoms with Crippen LogP contribution in [0.1, 0.15) is 11.1 Å². The summed E-state index contributed by atoms with van der Waals surface area (Å²) in [6.07, 6.45) is 4.42. The van der Waals surface area contributed by atoms with Gasteiger partial charge in [-0.2, -0.15) is 11.3 Å². The van der Waals surface area contributed by atoms with Crippen molar-refractivity contribution in [3.63, 3.8) is 0 Å². The third-order valence-electron chi connectivity index (χ3n) is 4.14. The lowest BCUT2D eigenvalue weighted by Gasteiger charge is -2.22. The number of guanidine groups is 1. The molecule has 25 heavy (non-hydrogen) atoms. The van der Waals surface area contributed by atoms with Crippen molar-refractivity contribution in [1.29, 1.82) is 0 Å². The maximum Gasteiger partial charge on any atom is 0.193 e. The Kier molecular flexibility index (Phi) is 7.77. The fourth-order valence-electron chi connectivity index (χ4n) is 2.81. The summed E-state index contributed by atoms with van der Waals surface area (Å²) in [7, 11) is 3.90. The van der Waals surface area contributed by atoms with Crippen molar-refractivity contribution < 1.29 is 0 Å². The molecule has 4 nitrogen and oxygen atoms in total. The molecule has 0 bridgehead atoms. The van der Waals surface area contributed by atoms with Crippen LogP contribution in [0.25, 0.3) is 0 Å². The second kappa shape index (κ2) is 9.82. The average Bonchev–Trinajstić information content (AvgIpc) is 3.29. The predicted octanol–water partition coefficient (Wildman–Crippen LogP) is 3.95. The number of rotatable bonds is 5. The van der Waals surface area contributed by atoms with Crippen molar-refractivity contribution >= 4 is 47.0 Å². The van der Waals surface area contributed by atoms with Gasteiger partial charge in [0.15, 0.2) is 5.96 Å². The first-order valence-electron chi connectivity index (χ1n) is 8.18. The first kappa shape index (κ1) is 19.8. The Labute approximate surface area is 171 Å². The van der Waals surface area contributed by atoms with E-state index >= 15 is 0 Å². The molecular formula is C19H25IN4S. The summed E-state index contributed by atoms with van der Waals surface area (Å²) in [5.41, 5.74) is 3.85. The van der Waals surface area contributed by atoms with E-state index in [9.17, 15) is 0 Å². The van der Waals surface area contributed by atoms with Gasteiger partial charge < -0.3 is 15.1 Å². The van der Waals surface area contributed by atoms with E-state index in [1.165, 1.54) is 16.8 Å². The maximum atomic E-state index is 4.38. The number of anilines is 1. The van der Waals surface area contributed by atoms with Gasteiger partial charge in [0.25, 0.3) is 0 Å². The van der Waals surface area contributed by atoms with E-state index in [1.807, 2.05) is 7.05 Å². The lowest BCUT2D eigenvalue weighted by molar-refractivity contribution is 0.477. The van der Waals surface area contributed by atoms with Crippen LogP contribution >= 0.6 is 35.3 Å². The number of halogens is 1. The van der Waals surface area contributed by atoms with Crippen LogP contribution in [0.3, 0.4) is 0 Å². The number of benzene rings is 1. The fraction of sp³-hybridized carbons (Fsp3) is 0.316. The topological polar surface area (TPSA) is 30.9 Å². The molecule has 1 aromatic carbocycles. The van der Waals surface area contributed by atoms with E-state index in [-0.39, 0.29) is 24.0 Å². The van der Waals surface area contributed by atoms with E-state index in [2.05, 4.69) is 80.4 Å². The lowest BCUT2D eigenvalue weighted by Crippen LogP contribution is -2.37. The Morgan fingerprint density at radius 3 is 2.48 bits per heavy atom. The van der Waals surface area contributed by atoms with Gasteiger partial charge in [-0.25, -0.2) is 0 Å². The molecule has 1 aliphatic rings. The van der Waals surface area contributed by atoms with Crippen LogP contribution in [0, 0.1) is 0 Å². The highest BCUT2D eigenvalue weighted by atomic mass is 127. The molecule has 0 radical (unpaired) electrons. The summed E-state index contributed by atoms with van der Waals surface area (Å²) < 4.78 is 0. The number of nitrogens with one attached hydrogen (secondary N) is 1. The van der Waals surface area contributed by atoms with Crippen LogP contribution in [0.4, 0.5) is 5.69 Å². The van der Waals surface area contributed by atoms with Gasteiger partial charge in [0, 0.05) is 46.0 Å². The number of nitrogens with zero attached hydrogens (tertiary/aromatic N) is 3. The Morgan fingerprint density at radius 2 is 1.88 bits per heavy atom. The van der Waals surface area contributed by atoms with E-state index in [0.717, 1.165) is 32.1 Å². The highest BCUT2D eigenvalue weighted by Crippen LogP contribution is 2.17. The Bertz CT molecular complexity index is 687. The lowest BCUT2D eigenvalue weighted by atomic mass is 10.2. The van der Waals surface area contributed by atoms with Crippen LogP contribution in [0.15, 0.2) is 58.2 Å². The van der Waals surface area contributed by atoms with Gasteiger partial charge >= 0.3 is 0 Å². The maximum absolute atomic E-state index is 4.38. The predicted molar refractivity (Wildman–Crippen MR) is 119 cm³/mol. The molecule has 1 aromatic heterocycles. The third-order valence-corrected chi connectivity index (χ3v) is 4.88. The standard InChI is InChI=1S/C19H24N4S.HI/c1-20-19(22(2)14-17-9-12-24-15-17)21-13-16-5-7-18(8-6-16)23-10-3-4-11-23;/h3-9,12,15H,10-11,13-14H2,1-2H3,(H,20,21);1H. The summed E-state index contributed by atoms with van der Waals surface area (Å²) >= 11 is 1.73. The minimum Gasteiger partial charge on any atom is -0.364 e. The summed E-state index contributed by atoms with van der Waals surface area (Å²) in [5, 5.41) is 7.72. The largest absolute Gasteiger partial charge is 0.364 e. The first-order valence-corrected chi connectivity index (χ1v) is 9.12. The van der Waals surface area contributed by atoms with Gasteiger partial charge in [-0.3, -0.25) is 4.99 Å². The van der Waals surface area contributed by atoms with Crippen molar-refractivity contribution in [2.75, 3.05) is 32.1 Å². The molecule has 3 rings (SSSR count). The van der Waals surface area contributed by atoms with Crippen LogP contribution in [0.5, 0.6) is 0 Å². The van der Waals surface area contributed by atoms with Crippen molar-refractivity contribution in [2.24, 2.45) is 4.99 Å². The summed E-state index contributed by atoms with van der Waals surface area (Å²) in [4.78, 5) is 8.88.